The lowest BCUT2D eigenvalue weighted by Gasteiger charge is -2.38. The van der Waals surface area contributed by atoms with Crippen molar-refractivity contribution in [2.24, 2.45) is 0 Å². The van der Waals surface area contributed by atoms with Crippen LogP contribution in [0.5, 0.6) is 0 Å². The van der Waals surface area contributed by atoms with Gasteiger partial charge in [-0.05, 0) is 57.4 Å². The Balaban J connectivity index is 1.38. The normalized spacial score (nSPS) is 24.0. The van der Waals surface area contributed by atoms with E-state index in [1.807, 2.05) is 11.0 Å². The highest BCUT2D eigenvalue weighted by Crippen LogP contribution is 2.42. The topological polar surface area (TPSA) is 76.2 Å². The predicted octanol–water partition coefficient (Wildman–Crippen LogP) is 2.71. The number of piperazine rings is 1. The summed E-state index contributed by atoms with van der Waals surface area (Å²) in [4.78, 5) is 49.2. The van der Waals surface area contributed by atoms with Crippen LogP contribution in [0.2, 0.25) is 0 Å². The number of hydrogen-bond donors (Lipinski definition) is 1. The zero-order valence-corrected chi connectivity index (χ0v) is 22.2. The van der Waals surface area contributed by atoms with Crippen LogP contribution >= 0.6 is 11.8 Å². The third-order valence-corrected chi connectivity index (χ3v) is 9.22. The van der Waals surface area contributed by atoms with E-state index in [0.29, 0.717) is 13.1 Å². The molecule has 1 saturated carbocycles. The molecule has 0 radical (unpaired) electrons. The van der Waals surface area contributed by atoms with E-state index in [1.165, 1.54) is 18.2 Å². The molecule has 0 aromatic heterocycles. The summed E-state index contributed by atoms with van der Waals surface area (Å²) in [5, 5.41) is 2.31. The summed E-state index contributed by atoms with van der Waals surface area (Å²) in [6.45, 7) is 5.28. The number of hydrogen-bond acceptors (Lipinski definition) is 6. The van der Waals surface area contributed by atoms with Crippen molar-refractivity contribution in [3.63, 3.8) is 0 Å². The number of nitrogens with one attached hydrogen (secondary N) is 1. The fourth-order valence-corrected chi connectivity index (χ4v) is 7.00. The van der Waals surface area contributed by atoms with Crippen LogP contribution in [0.15, 0.2) is 23.1 Å². The fourth-order valence-electron chi connectivity index (χ4n) is 5.78. The van der Waals surface area contributed by atoms with Crippen LogP contribution in [0.4, 0.5) is 11.4 Å². The van der Waals surface area contributed by atoms with Gasteiger partial charge >= 0.3 is 0 Å². The zero-order valence-electron chi connectivity index (χ0n) is 21.4. The smallest absolute Gasteiger partial charge is 0.250 e. The van der Waals surface area contributed by atoms with Crippen molar-refractivity contribution in [2.75, 3.05) is 62.7 Å². The summed E-state index contributed by atoms with van der Waals surface area (Å²) in [5.41, 5.74) is 1.85. The Bertz CT molecular complexity index is 968. The highest BCUT2D eigenvalue weighted by atomic mass is 32.2. The van der Waals surface area contributed by atoms with Gasteiger partial charge in [0.05, 0.1) is 5.69 Å². The summed E-state index contributed by atoms with van der Waals surface area (Å²) < 4.78 is 0. The Labute approximate surface area is 218 Å². The molecule has 3 fully saturated rings. The second-order valence-corrected chi connectivity index (χ2v) is 11.8. The van der Waals surface area contributed by atoms with Crippen LogP contribution in [0, 0.1) is 0 Å². The van der Waals surface area contributed by atoms with Gasteiger partial charge in [0.15, 0.2) is 5.25 Å². The van der Waals surface area contributed by atoms with Crippen molar-refractivity contribution in [1.82, 2.24) is 15.1 Å². The van der Waals surface area contributed by atoms with Gasteiger partial charge < -0.3 is 24.9 Å². The molecule has 1 atom stereocenters. The molecule has 8 nitrogen and oxygen atoms in total. The maximum Gasteiger partial charge on any atom is 0.250 e. The third-order valence-electron chi connectivity index (χ3n) is 8.00. The molecule has 1 aromatic rings. The first kappa shape index (κ1) is 25.4. The summed E-state index contributed by atoms with van der Waals surface area (Å²) >= 11 is 1.36. The molecule has 5 rings (SSSR count). The van der Waals surface area contributed by atoms with Crippen LogP contribution in [0.25, 0.3) is 0 Å². The van der Waals surface area contributed by atoms with E-state index in [9.17, 15) is 14.4 Å². The van der Waals surface area contributed by atoms with Crippen molar-refractivity contribution >= 4 is 40.9 Å². The van der Waals surface area contributed by atoms with E-state index < -0.39 is 5.25 Å². The number of fused-ring (bicyclic) bond motifs is 1. The SMILES string of the molecule is CN1CCN(c2ccc3c(c2)SC(C(=O)N2CCCCC2)C(=O)N3CC(=O)NC2CCCCC2)CC1. The number of likely N-dealkylation sites (tertiary alicyclic amines) is 1. The van der Waals surface area contributed by atoms with Gasteiger partial charge in [-0.25, -0.2) is 0 Å². The number of anilines is 2. The number of thioether (sulfide) groups is 1. The fraction of sp³-hybridized carbons (Fsp3) is 0.667. The molecule has 3 heterocycles. The Morgan fingerprint density at radius 2 is 1.64 bits per heavy atom. The van der Waals surface area contributed by atoms with E-state index in [1.54, 1.807) is 4.90 Å². The molecule has 9 heteroatoms. The number of rotatable bonds is 5. The average Bonchev–Trinajstić information content (AvgIpc) is 2.91. The summed E-state index contributed by atoms with van der Waals surface area (Å²) in [5.74, 6) is -0.521. The minimum atomic E-state index is -0.833. The van der Waals surface area contributed by atoms with Gasteiger partial charge in [-0.15, -0.1) is 11.8 Å². The monoisotopic (exact) mass is 513 g/mol. The molecule has 1 aliphatic carbocycles. The molecule has 3 amide bonds. The number of amides is 3. The van der Waals surface area contributed by atoms with Gasteiger partial charge in [-0.1, -0.05) is 19.3 Å². The van der Waals surface area contributed by atoms with Gasteiger partial charge in [0.1, 0.15) is 6.54 Å². The lowest BCUT2D eigenvalue weighted by Crippen LogP contribution is -2.53. The maximum absolute atomic E-state index is 13.7. The van der Waals surface area contributed by atoms with Crippen molar-refractivity contribution in [3.05, 3.63) is 18.2 Å². The highest BCUT2D eigenvalue weighted by Gasteiger charge is 2.41. The van der Waals surface area contributed by atoms with Crippen molar-refractivity contribution in [1.29, 1.82) is 0 Å². The first-order chi connectivity index (χ1) is 17.5. The molecule has 3 aliphatic heterocycles. The summed E-state index contributed by atoms with van der Waals surface area (Å²) in [7, 11) is 2.14. The van der Waals surface area contributed by atoms with Gasteiger partial charge in [-0.2, -0.15) is 0 Å². The van der Waals surface area contributed by atoms with Crippen molar-refractivity contribution < 1.29 is 14.4 Å². The molecule has 196 valence electrons. The van der Waals surface area contributed by atoms with E-state index in [0.717, 1.165) is 87.4 Å². The minimum absolute atomic E-state index is 0.0411. The Morgan fingerprint density at radius 3 is 2.36 bits per heavy atom. The van der Waals surface area contributed by atoms with Crippen LogP contribution in [0.3, 0.4) is 0 Å². The standard InChI is InChI=1S/C27H39N5O3S/c1-29-14-16-30(17-15-29)21-10-11-22-23(18-21)36-25(26(34)31-12-6-3-7-13-31)27(35)32(22)19-24(33)28-20-8-4-2-5-9-20/h10-11,18,20,25H,2-9,12-17,19H2,1H3,(H,28,33). The van der Waals surface area contributed by atoms with Crippen molar-refractivity contribution in [2.45, 2.75) is 67.6 Å². The summed E-state index contributed by atoms with van der Waals surface area (Å²) in [6, 6.07) is 6.31. The minimum Gasteiger partial charge on any atom is -0.369 e. The Kier molecular flexibility index (Phi) is 8.06. The number of likely N-dealkylation sites (N-methyl/N-ethyl adjacent to an activating group) is 1. The molecule has 1 N–H and O–H groups in total. The largest absolute Gasteiger partial charge is 0.369 e. The number of piperidine rings is 1. The number of benzene rings is 1. The molecule has 2 saturated heterocycles. The van der Waals surface area contributed by atoms with Crippen molar-refractivity contribution in [3.8, 4) is 0 Å². The second kappa shape index (κ2) is 11.4. The molecule has 1 aromatic carbocycles. The Hall–Kier alpha value is -2.26. The molecule has 0 spiro atoms. The van der Waals surface area contributed by atoms with Gasteiger partial charge in [0.25, 0.3) is 5.91 Å². The first-order valence-electron chi connectivity index (χ1n) is 13.6. The van der Waals surface area contributed by atoms with Crippen LogP contribution in [-0.4, -0.2) is 91.7 Å². The molecule has 36 heavy (non-hydrogen) atoms. The van der Waals surface area contributed by atoms with E-state index in [2.05, 4.69) is 34.3 Å². The lowest BCUT2D eigenvalue weighted by atomic mass is 9.95. The van der Waals surface area contributed by atoms with E-state index >= 15 is 0 Å². The third kappa shape index (κ3) is 5.67. The van der Waals surface area contributed by atoms with Crippen LogP contribution in [0.1, 0.15) is 51.4 Å². The quantitative estimate of drug-likeness (QED) is 0.611. The number of carbonyl (C=O) groups excluding carboxylic acids is 3. The molecular weight excluding hydrogens is 474 g/mol. The van der Waals surface area contributed by atoms with E-state index in [-0.39, 0.29) is 30.3 Å². The van der Waals surface area contributed by atoms with Crippen LogP contribution < -0.4 is 15.1 Å². The molecular formula is C27H39N5O3S. The molecule has 4 aliphatic rings. The van der Waals surface area contributed by atoms with Gasteiger partial charge in [0.2, 0.25) is 11.8 Å². The maximum atomic E-state index is 13.7. The molecule has 0 bridgehead atoms. The number of carbonyl (C=O) groups is 3. The van der Waals surface area contributed by atoms with Gasteiger partial charge in [0, 0.05) is 55.9 Å². The lowest BCUT2D eigenvalue weighted by molar-refractivity contribution is -0.136. The zero-order chi connectivity index (χ0) is 25.1. The first-order valence-corrected chi connectivity index (χ1v) is 14.5. The average molecular weight is 514 g/mol. The second-order valence-electron chi connectivity index (χ2n) is 10.7. The highest BCUT2D eigenvalue weighted by molar-refractivity contribution is 8.01. The summed E-state index contributed by atoms with van der Waals surface area (Å²) in [6.07, 6.45) is 8.57. The Morgan fingerprint density at radius 1 is 0.944 bits per heavy atom. The van der Waals surface area contributed by atoms with Gasteiger partial charge in [-0.3, -0.25) is 14.4 Å². The van der Waals surface area contributed by atoms with Crippen LogP contribution in [-0.2, 0) is 14.4 Å². The molecule has 1 unspecified atom stereocenters. The predicted molar refractivity (Wildman–Crippen MR) is 144 cm³/mol. The number of nitrogens with zero attached hydrogens (tertiary/aromatic N) is 4. The van der Waals surface area contributed by atoms with E-state index in [4.69, 9.17) is 0 Å².